The van der Waals surface area contributed by atoms with Gasteiger partial charge >= 0.3 is 24.1 Å². The summed E-state index contributed by atoms with van der Waals surface area (Å²) in [5.41, 5.74) is 2.69. The Balaban J connectivity index is 1.68. The Morgan fingerprint density at radius 3 is 1.88 bits per heavy atom. The first-order valence-corrected chi connectivity index (χ1v) is 13.7. The minimum absolute atomic E-state index is 0.0268. The normalized spacial score (nSPS) is 14.9. The summed E-state index contributed by atoms with van der Waals surface area (Å²) in [6.07, 6.45) is -3.17. The van der Waals surface area contributed by atoms with Gasteiger partial charge in [0.2, 0.25) is 0 Å². The van der Waals surface area contributed by atoms with E-state index in [1.807, 2.05) is 48.5 Å². The molecular weight excluding hydrogens is 544 g/mol. The number of hydrogen-bond acceptors (Lipinski definition) is 8. The fourth-order valence-electron chi connectivity index (χ4n) is 4.43. The second-order valence-electron chi connectivity index (χ2n) is 12.0. The van der Waals surface area contributed by atoms with E-state index in [1.54, 1.807) is 41.5 Å². The summed E-state index contributed by atoms with van der Waals surface area (Å²) in [4.78, 5) is 50.0. The average Bonchev–Trinajstić information content (AvgIpc) is 3.20. The molecule has 2 aromatic rings. The molecule has 42 heavy (non-hydrogen) atoms. The van der Waals surface area contributed by atoms with Crippen molar-refractivity contribution < 1.29 is 43.2 Å². The molecule has 228 valence electrons. The van der Waals surface area contributed by atoms with Crippen molar-refractivity contribution in [1.29, 1.82) is 0 Å². The molecule has 3 N–H and O–H groups in total. The summed E-state index contributed by atoms with van der Waals surface area (Å²) in [6.45, 7) is 11.3. The summed E-state index contributed by atoms with van der Waals surface area (Å²) in [5.74, 6) is -2.58. The van der Waals surface area contributed by atoms with Gasteiger partial charge in [0.15, 0.2) is 12.1 Å². The zero-order valence-electron chi connectivity index (χ0n) is 25.1. The molecule has 0 aliphatic heterocycles. The van der Waals surface area contributed by atoms with E-state index in [0.717, 1.165) is 22.3 Å². The maximum Gasteiger partial charge on any atom is 0.408 e. The average molecular weight is 585 g/mol. The number of carbonyl (C=O) groups excluding carboxylic acids is 3. The number of esters is 1. The summed E-state index contributed by atoms with van der Waals surface area (Å²) in [5, 5.41) is 14.3. The van der Waals surface area contributed by atoms with Crippen LogP contribution in [0.3, 0.4) is 0 Å². The molecule has 0 heterocycles. The Hall–Kier alpha value is -4.12. The van der Waals surface area contributed by atoms with Crippen LogP contribution < -0.4 is 10.6 Å². The van der Waals surface area contributed by atoms with Crippen LogP contribution in [0.1, 0.15) is 65.5 Å². The molecule has 11 nitrogen and oxygen atoms in total. The number of aliphatic carboxylic acids is 1. The molecule has 0 aromatic heterocycles. The standard InChI is InChI=1S/C31H40N2O9/c1-18(25(26(34)35)33-29(38)42-31(5,6)7)41-27(36)24(17-40-30(2,3)4)32-28(37)39-16-23-21-14-10-8-12-19(21)20-13-9-11-15-22(20)23/h8-15,18,23-25H,16-17H2,1-7H3,(H,32,37)(H,33,38)(H,34,35)/t18-,24+,25+/m1/s1. The van der Waals surface area contributed by atoms with Gasteiger partial charge in [-0.15, -0.1) is 0 Å². The van der Waals surface area contributed by atoms with Crippen molar-refractivity contribution in [2.75, 3.05) is 13.2 Å². The topological polar surface area (TPSA) is 149 Å². The van der Waals surface area contributed by atoms with Crippen molar-refractivity contribution in [3.63, 3.8) is 0 Å². The van der Waals surface area contributed by atoms with Crippen LogP contribution in [0.5, 0.6) is 0 Å². The highest BCUT2D eigenvalue weighted by Gasteiger charge is 2.35. The second-order valence-corrected chi connectivity index (χ2v) is 12.0. The number of rotatable bonds is 10. The molecule has 3 atom stereocenters. The lowest BCUT2D eigenvalue weighted by atomic mass is 9.98. The predicted molar refractivity (Wildman–Crippen MR) is 154 cm³/mol. The van der Waals surface area contributed by atoms with Gasteiger partial charge in [0.1, 0.15) is 18.3 Å². The van der Waals surface area contributed by atoms with Crippen LogP contribution in [-0.2, 0) is 28.5 Å². The minimum atomic E-state index is -1.61. The molecule has 2 aromatic carbocycles. The third-order valence-electron chi connectivity index (χ3n) is 6.31. The Labute approximate surface area is 245 Å². The van der Waals surface area contributed by atoms with Gasteiger partial charge in [-0.05, 0) is 70.7 Å². The third-order valence-corrected chi connectivity index (χ3v) is 6.31. The molecule has 11 heteroatoms. The highest BCUT2D eigenvalue weighted by molar-refractivity contribution is 5.84. The number of benzene rings is 2. The first kappa shape index (κ1) is 32.4. The Bertz CT molecular complexity index is 1250. The van der Waals surface area contributed by atoms with Gasteiger partial charge in [0.05, 0.1) is 12.2 Å². The summed E-state index contributed by atoms with van der Waals surface area (Å²) >= 11 is 0. The lowest BCUT2D eigenvalue weighted by molar-refractivity contribution is -0.158. The van der Waals surface area contributed by atoms with Gasteiger partial charge < -0.3 is 34.7 Å². The fourth-order valence-corrected chi connectivity index (χ4v) is 4.43. The van der Waals surface area contributed by atoms with Gasteiger partial charge in [-0.3, -0.25) is 0 Å². The van der Waals surface area contributed by atoms with E-state index in [0.29, 0.717) is 0 Å². The summed E-state index contributed by atoms with van der Waals surface area (Å²) in [6, 6.07) is 12.9. The van der Waals surface area contributed by atoms with Crippen molar-refractivity contribution in [2.24, 2.45) is 0 Å². The SMILES string of the molecule is C[C@@H](OC(=O)[C@H](COC(C)(C)C)NC(=O)OCC1c2ccccc2-c2ccccc21)[C@H](NC(=O)OC(C)(C)C)C(=O)O. The van der Waals surface area contributed by atoms with Gasteiger partial charge in [-0.1, -0.05) is 48.5 Å². The van der Waals surface area contributed by atoms with Crippen LogP contribution in [0, 0.1) is 0 Å². The highest BCUT2D eigenvalue weighted by atomic mass is 16.6. The molecule has 0 fully saturated rings. The summed E-state index contributed by atoms with van der Waals surface area (Å²) < 4.78 is 21.8. The molecule has 0 saturated carbocycles. The molecule has 1 aliphatic carbocycles. The van der Waals surface area contributed by atoms with E-state index >= 15 is 0 Å². The van der Waals surface area contributed by atoms with Crippen molar-refractivity contribution in [3.8, 4) is 11.1 Å². The van der Waals surface area contributed by atoms with Crippen LogP contribution in [0.4, 0.5) is 9.59 Å². The Kier molecular flexibility index (Phi) is 10.2. The highest BCUT2D eigenvalue weighted by Crippen LogP contribution is 2.44. The third kappa shape index (κ3) is 8.94. The minimum Gasteiger partial charge on any atom is -0.480 e. The van der Waals surface area contributed by atoms with Crippen LogP contribution >= 0.6 is 0 Å². The Morgan fingerprint density at radius 1 is 0.833 bits per heavy atom. The fraction of sp³-hybridized carbons (Fsp3) is 0.484. The largest absolute Gasteiger partial charge is 0.480 e. The molecule has 0 radical (unpaired) electrons. The van der Waals surface area contributed by atoms with E-state index in [4.69, 9.17) is 18.9 Å². The molecular formula is C31H40N2O9. The number of nitrogens with one attached hydrogen (secondary N) is 2. The number of ether oxygens (including phenoxy) is 4. The molecule has 3 rings (SSSR count). The monoisotopic (exact) mass is 584 g/mol. The zero-order chi connectivity index (χ0) is 31.2. The van der Waals surface area contributed by atoms with Crippen molar-refractivity contribution in [3.05, 3.63) is 59.7 Å². The number of fused-ring (bicyclic) bond motifs is 3. The van der Waals surface area contributed by atoms with Gasteiger partial charge in [-0.25, -0.2) is 19.2 Å². The first-order chi connectivity index (χ1) is 19.6. The lowest BCUT2D eigenvalue weighted by Gasteiger charge is -2.27. The smallest absolute Gasteiger partial charge is 0.408 e. The van der Waals surface area contributed by atoms with Crippen LogP contribution in [0.15, 0.2) is 48.5 Å². The maximum absolute atomic E-state index is 13.1. The predicted octanol–water partition coefficient (Wildman–Crippen LogP) is 4.62. The van der Waals surface area contributed by atoms with E-state index in [2.05, 4.69) is 10.6 Å². The van der Waals surface area contributed by atoms with E-state index in [9.17, 15) is 24.3 Å². The molecule has 0 spiro atoms. The van der Waals surface area contributed by atoms with E-state index in [1.165, 1.54) is 6.92 Å². The van der Waals surface area contributed by atoms with Gasteiger partial charge in [0, 0.05) is 5.92 Å². The van der Waals surface area contributed by atoms with Crippen LogP contribution in [0.2, 0.25) is 0 Å². The lowest BCUT2D eigenvalue weighted by Crippen LogP contribution is -2.53. The number of amides is 2. The van der Waals surface area contributed by atoms with Crippen LogP contribution in [0.25, 0.3) is 11.1 Å². The van der Waals surface area contributed by atoms with E-state index < -0.39 is 53.5 Å². The number of carboxylic acid groups (broad SMARTS) is 1. The molecule has 0 bridgehead atoms. The van der Waals surface area contributed by atoms with Crippen molar-refractivity contribution >= 4 is 24.1 Å². The van der Waals surface area contributed by atoms with Crippen molar-refractivity contribution in [1.82, 2.24) is 10.6 Å². The maximum atomic E-state index is 13.1. The van der Waals surface area contributed by atoms with Crippen LogP contribution in [-0.4, -0.2) is 71.8 Å². The molecule has 2 amide bonds. The van der Waals surface area contributed by atoms with E-state index in [-0.39, 0.29) is 19.1 Å². The quantitative estimate of drug-likeness (QED) is 0.269. The molecule has 0 unspecified atom stereocenters. The molecule has 0 saturated heterocycles. The van der Waals surface area contributed by atoms with Crippen molar-refractivity contribution in [2.45, 2.75) is 83.8 Å². The zero-order valence-corrected chi connectivity index (χ0v) is 25.1. The van der Waals surface area contributed by atoms with Gasteiger partial charge in [-0.2, -0.15) is 0 Å². The number of alkyl carbamates (subject to hydrolysis) is 2. The number of carbonyl (C=O) groups is 4. The first-order valence-electron chi connectivity index (χ1n) is 13.7. The number of carboxylic acids is 1. The van der Waals surface area contributed by atoms with Gasteiger partial charge in [0.25, 0.3) is 0 Å². The Morgan fingerprint density at radius 2 is 1.38 bits per heavy atom. The number of hydrogen-bond donors (Lipinski definition) is 3. The second kappa shape index (κ2) is 13.2. The summed E-state index contributed by atoms with van der Waals surface area (Å²) in [7, 11) is 0. The molecule has 1 aliphatic rings.